The highest BCUT2D eigenvalue weighted by molar-refractivity contribution is 5.94. The lowest BCUT2D eigenvalue weighted by molar-refractivity contribution is -0.142. The highest BCUT2D eigenvalue weighted by Crippen LogP contribution is 2.06. The van der Waals surface area contributed by atoms with Crippen LogP contribution >= 0.6 is 0 Å². The topological polar surface area (TPSA) is 262 Å². The molecule has 194 valence electrons. The van der Waals surface area contributed by atoms with Crippen molar-refractivity contribution >= 4 is 17.8 Å². The second-order valence-electron chi connectivity index (χ2n) is 7.42. The van der Waals surface area contributed by atoms with Crippen molar-refractivity contribution in [2.24, 2.45) is 5.92 Å². The molecule has 0 aliphatic rings. The van der Waals surface area contributed by atoms with Gasteiger partial charge in [-0.25, -0.2) is 9.78 Å². The Balaban J connectivity index is -0.00000240. The molecule has 34 heavy (non-hydrogen) atoms. The van der Waals surface area contributed by atoms with Crippen LogP contribution in [0.4, 0.5) is 0 Å². The molecular weight excluding hydrogens is 450 g/mol. The third-order valence-corrected chi connectivity index (χ3v) is 4.44. The maximum atomic E-state index is 12.8. The van der Waals surface area contributed by atoms with Gasteiger partial charge in [0.05, 0.1) is 18.1 Å². The Bertz CT molecular complexity index is 818. The molecule has 0 saturated heterocycles. The first-order valence-corrected chi connectivity index (χ1v) is 9.94. The van der Waals surface area contributed by atoms with Crippen LogP contribution in [0.2, 0.25) is 0 Å². The zero-order valence-electron chi connectivity index (χ0n) is 19.2. The van der Waals surface area contributed by atoms with Gasteiger partial charge >= 0.3 is 5.97 Å². The molecule has 13 N–H and O–H groups in total. The van der Waals surface area contributed by atoms with Crippen molar-refractivity contribution in [3.63, 3.8) is 0 Å². The van der Waals surface area contributed by atoms with Gasteiger partial charge in [-0.2, -0.15) is 0 Å². The van der Waals surface area contributed by atoms with E-state index in [1.165, 1.54) is 6.33 Å². The number of carboxylic acids is 1. The van der Waals surface area contributed by atoms with Crippen molar-refractivity contribution < 1.29 is 41.4 Å². The molecule has 1 heterocycles. The number of benzene rings is 1. The minimum absolute atomic E-state index is 0. The zero-order valence-corrected chi connectivity index (χ0v) is 19.2. The lowest BCUT2D eigenvalue weighted by Crippen LogP contribution is -2.52. The summed E-state index contributed by atoms with van der Waals surface area (Å²) in [6.45, 7) is 4.45. The molecule has 2 rings (SSSR count). The second-order valence-corrected chi connectivity index (χ2v) is 7.42. The first-order chi connectivity index (χ1) is 14.4. The minimum Gasteiger partial charge on any atom is -0.480 e. The Morgan fingerprint density at radius 1 is 1.00 bits per heavy atom. The Labute approximate surface area is 197 Å². The van der Waals surface area contributed by atoms with E-state index in [0.29, 0.717) is 30.8 Å². The number of aliphatic carboxylic acids is 1. The van der Waals surface area contributed by atoms with Crippen LogP contribution in [0.25, 0.3) is 0 Å². The quantitative estimate of drug-likeness (QED) is 0.204. The number of imidazole rings is 1. The molecule has 13 nitrogen and oxygen atoms in total. The highest BCUT2D eigenvalue weighted by atomic mass is 16.4. The summed E-state index contributed by atoms with van der Waals surface area (Å²) >= 11 is 0. The fourth-order valence-electron chi connectivity index (χ4n) is 2.95. The van der Waals surface area contributed by atoms with Crippen molar-refractivity contribution in [1.82, 2.24) is 25.9 Å². The van der Waals surface area contributed by atoms with Gasteiger partial charge in [0, 0.05) is 31.3 Å². The van der Waals surface area contributed by atoms with Gasteiger partial charge in [0.2, 0.25) is 5.91 Å². The number of carbonyl (C=O) groups is 3. The van der Waals surface area contributed by atoms with Gasteiger partial charge in [-0.3, -0.25) is 9.59 Å². The molecule has 0 fully saturated rings. The molecule has 1 aromatic carbocycles. The van der Waals surface area contributed by atoms with E-state index in [4.69, 9.17) is 0 Å². The molecule has 2 aromatic rings. The summed E-state index contributed by atoms with van der Waals surface area (Å²) in [5.41, 5.74) is 1.23. The maximum absolute atomic E-state index is 12.8. The van der Waals surface area contributed by atoms with Crippen LogP contribution in [0.1, 0.15) is 36.3 Å². The summed E-state index contributed by atoms with van der Waals surface area (Å²) in [5, 5.41) is 17.9. The number of rotatable bonds is 12. The molecular formula is C21H37N5O8. The molecule has 0 aliphatic heterocycles. The van der Waals surface area contributed by atoms with Crippen LogP contribution in [-0.4, -0.2) is 79.9 Å². The van der Waals surface area contributed by atoms with Gasteiger partial charge in [-0.05, 0) is 24.5 Å². The molecule has 0 radical (unpaired) electrons. The highest BCUT2D eigenvalue weighted by Gasteiger charge is 2.26. The van der Waals surface area contributed by atoms with Crippen LogP contribution in [0.5, 0.6) is 0 Å². The number of hydrogen-bond donors (Lipinski definition) is 5. The van der Waals surface area contributed by atoms with Crippen LogP contribution in [0.3, 0.4) is 0 Å². The van der Waals surface area contributed by atoms with E-state index in [2.05, 4.69) is 25.9 Å². The molecule has 0 spiro atoms. The van der Waals surface area contributed by atoms with E-state index >= 15 is 0 Å². The summed E-state index contributed by atoms with van der Waals surface area (Å²) in [6, 6.07) is 7.20. The van der Waals surface area contributed by atoms with Gasteiger partial charge in [0.25, 0.3) is 5.91 Å². The molecule has 0 aliphatic carbocycles. The number of aromatic nitrogens is 2. The summed E-state index contributed by atoms with van der Waals surface area (Å²) in [5.74, 6) is -1.56. The van der Waals surface area contributed by atoms with Gasteiger partial charge < -0.3 is 47.9 Å². The van der Waals surface area contributed by atoms with Gasteiger partial charge in [0.15, 0.2) is 0 Å². The van der Waals surface area contributed by atoms with Gasteiger partial charge in [-0.1, -0.05) is 32.0 Å². The average molecular weight is 488 g/mol. The summed E-state index contributed by atoms with van der Waals surface area (Å²) in [6.07, 6.45) is 3.82. The molecule has 0 bridgehead atoms. The van der Waals surface area contributed by atoms with E-state index in [9.17, 15) is 19.5 Å². The third kappa shape index (κ3) is 12.0. The van der Waals surface area contributed by atoms with Crippen LogP contribution < -0.4 is 16.0 Å². The Morgan fingerprint density at radius 3 is 2.18 bits per heavy atom. The lowest BCUT2D eigenvalue weighted by atomic mass is 10.0. The Morgan fingerprint density at radius 2 is 1.65 bits per heavy atom. The number of hydrogen-bond acceptors (Lipinski definition) is 5. The number of carbonyl (C=O) groups excluding carboxylic acids is 2. The number of nitrogens with one attached hydrogen (secondary N) is 4. The monoisotopic (exact) mass is 487 g/mol. The SMILES string of the molecule is CC(C)C[C@H](NC(=O)[C@H](Cc1c[nH]cn1)NCCNC(=O)c1ccccc1)C(=O)O.O.O.O.O. The maximum Gasteiger partial charge on any atom is 0.326 e. The van der Waals surface area contributed by atoms with Crippen molar-refractivity contribution in [3.05, 3.63) is 54.1 Å². The third-order valence-electron chi connectivity index (χ3n) is 4.44. The number of aromatic amines is 1. The van der Waals surface area contributed by atoms with Crippen molar-refractivity contribution in [3.8, 4) is 0 Å². The van der Waals surface area contributed by atoms with E-state index in [1.54, 1.807) is 30.5 Å². The first kappa shape index (κ1) is 35.2. The molecule has 13 heteroatoms. The standard InChI is InChI=1S/C21H29N5O4.4H2O/c1-14(2)10-18(21(29)30)26-20(28)17(11-16-12-22-13-25-16)23-8-9-24-19(27)15-6-4-3-5-7-15;;;;/h3-7,12-14,17-18,23H,8-11H2,1-2H3,(H,22,25)(H,24,27)(H,26,28)(H,29,30);4*1H2/t17-,18-;;;;/m0..../s1. The van der Waals surface area contributed by atoms with E-state index < -0.39 is 24.0 Å². The van der Waals surface area contributed by atoms with E-state index in [1.807, 2.05) is 19.9 Å². The normalized spacial score (nSPS) is 11.4. The molecule has 2 atom stereocenters. The number of nitrogens with zero attached hydrogens (tertiary/aromatic N) is 1. The van der Waals surface area contributed by atoms with E-state index in [0.717, 1.165) is 0 Å². The Hall–Kier alpha value is -3.36. The average Bonchev–Trinajstić information content (AvgIpc) is 3.23. The van der Waals surface area contributed by atoms with Crippen LogP contribution in [0, 0.1) is 5.92 Å². The Kier molecular flexibility index (Phi) is 18.8. The first-order valence-electron chi connectivity index (χ1n) is 9.94. The molecule has 0 saturated carbocycles. The number of amides is 2. The summed E-state index contributed by atoms with van der Waals surface area (Å²) < 4.78 is 0. The lowest BCUT2D eigenvalue weighted by Gasteiger charge is -2.22. The fourth-order valence-corrected chi connectivity index (χ4v) is 2.95. The van der Waals surface area contributed by atoms with Crippen LogP contribution in [0.15, 0.2) is 42.9 Å². The number of carboxylic acid groups (broad SMARTS) is 1. The molecule has 1 aromatic heterocycles. The summed E-state index contributed by atoms with van der Waals surface area (Å²) in [7, 11) is 0. The predicted octanol–water partition coefficient (Wildman–Crippen LogP) is -2.34. The van der Waals surface area contributed by atoms with E-state index in [-0.39, 0.29) is 40.2 Å². The predicted molar refractivity (Wildman–Crippen MR) is 126 cm³/mol. The van der Waals surface area contributed by atoms with Crippen molar-refractivity contribution in [2.45, 2.75) is 38.8 Å². The van der Waals surface area contributed by atoms with Crippen molar-refractivity contribution in [1.29, 1.82) is 0 Å². The van der Waals surface area contributed by atoms with Crippen LogP contribution in [-0.2, 0) is 16.0 Å². The van der Waals surface area contributed by atoms with Gasteiger partial charge in [-0.15, -0.1) is 0 Å². The van der Waals surface area contributed by atoms with Gasteiger partial charge in [0.1, 0.15) is 6.04 Å². The van der Waals surface area contributed by atoms with Crippen molar-refractivity contribution in [2.75, 3.05) is 13.1 Å². The fraction of sp³-hybridized carbons (Fsp3) is 0.429. The second kappa shape index (κ2) is 18.1. The largest absolute Gasteiger partial charge is 0.480 e. The molecule has 0 unspecified atom stereocenters. The number of H-pyrrole nitrogens is 1. The minimum atomic E-state index is -1.06. The smallest absolute Gasteiger partial charge is 0.326 e. The molecule has 2 amide bonds. The summed E-state index contributed by atoms with van der Waals surface area (Å²) in [4.78, 5) is 43.3. The zero-order chi connectivity index (χ0) is 21.9.